The number of carboxylic acid groups (broad SMARTS) is 1. The lowest BCUT2D eigenvalue weighted by atomic mass is 9.86. The predicted molar refractivity (Wildman–Crippen MR) is 80.0 cm³/mol. The van der Waals surface area contributed by atoms with Crippen LogP contribution in [-0.4, -0.2) is 42.3 Å². The van der Waals surface area contributed by atoms with E-state index in [1.54, 1.807) is 0 Å². The number of fused-ring (bicyclic) bond motifs is 1. The standard InChI is InChI=1S/C16H23NO4/c1-4-17(5-2)16(3,11-15(18)19)12-6-7-13-14(10-12)21-9-8-20-13/h6-7,10H,4-5,8-9,11H2,1-3H3,(H,18,19). The second-order valence-corrected chi connectivity index (χ2v) is 5.38. The fourth-order valence-corrected chi connectivity index (χ4v) is 2.99. The highest BCUT2D eigenvalue weighted by molar-refractivity contribution is 5.69. The van der Waals surface area contributed by atoms with E-state index in [4.69, 9.17) is 9.47 Å². The van der Waals surface area contributed by atoms with E-state index in [9.17, 15) is 9.90 Å². The number of carbonyl (C=O) groups is 1. The number of hydrogen-bond acceptors (Lipinski definition) is 4. The van der Waals surface area contributed by atoms with Crippen molar-refractivity contribution in [2.24, 2.45) is 0 Å². The molecule has 5 nitrogen and oxygen atoms in total. The molecule has 1 N–H and O–H groups in total. The molecule has 1 aromatic rings. The maximum Gasteiger partial charge on any atom is 0.305 e. The molecule has 1 aliphatic rings. The van der Waals surface area contributed by atoms with Crippen molar-refractivity contribution < 1.29 is 19.4 Å². The van der Waals surface area contributed by atoms with Crippen molar-refractivity contribution in [2.45, 2.75) is 32.7 Å². The Morgan fingerprint density at radius 2 is 1.86 bits per heavy atom. The van der Waals surface area contributed by atoms with Gasteiger partial charge in [0.25, 0.3) is 0 Å². The summed E-state index contributed by atoms with van der Waals surface area (Å²) in [5, 5.41) is 9.31. The Morgan fingerprint density at radius 1 is 1.24 bits per heavy atom. The average Bonchev–Trinajstić information content (AvgIpc) is 2.47. The maximum absolute atomic E-state index is 11.3. The van der Waals surface area contributed by atoms with Crippen LogP contribution in [0.25, 0.3) is 0 Å². The van der Waals surface area contributed by atoms with E-state index in [1.165, 1.54) is 0 Å². The van der Waals surface area contributed by atoms with Gasteiger partial charge < -0.3 is 14.6 Å². The zero-order valence-electron chi connectivity index (χ0n) is 12.9. The van der Waals surface area contributed by atoms with Crippen molar-refractivity contribution in [1.82, 2.24) is 4.90 Å². The number of hydrogen-bond donors (Lipinski definition) is 1. The van der Waals surface area contributed by atoms with Crippen LogP contribution in [0.2, 0.25) is 0 Å². The number of ether oxygens (including phenoxy) is 2. The molecule has 0 saturated heterocycles. The maximum atomic E-state index is 11.3. The van der Waals surface area contributed by atoms with Crippen molar-refractivity contribution in [2.75, 3.05) is 26.3 Å². The number of rotatable bonds is 6. The first kappa shape index (κ1) is 15.6. The molecule has 1 aromatic carbocycles. The summed E-state index contributed by atoms with van der Waals surface area (Å²) in [4.78, 5) is 13.5. The summed E-state index contributed by atoms with van der Waals surface area (Å²) in [6, 6.07) is 5.72. The molecule has 1 heterocycles. The molecule has 1 atom stereocenters. The van der Waals surface area contributed by atoms with Crippen LogP contribution in [0.5, 0.6) is 11.5 Å². The van der Waals surface area contributed by atoms with Gasteiger partial charge in [0.1, 0.15) is 13.2 Å². The number of nitrogens with zero attached hydrogens (tertiary/aromatic N) is 1. The van der Waals surface area contributed by atoms with Gasteiger partial charge in [-0.1, -0.05) is 19.9 Å². The summed E-state index contributed by atoms with van der Waals surface area (Å²) in [6.45, 7) is 8.71. The van der Waals surface area contributed by atoms with Gasteiger partial charge in [0.05, 0.1) is 12.0 Å². The fourth-order valence-electron chi connectivity index (χ4n) is 2.99. The molecule has 0 fully saturated rings. The van der Waals surface area contributed by atoms with E-state index in [1.807, 2.05) is 39.0 Å². The Kier molecular flexibility index (Phi) is 4.73. The van der Waals surface area contributed by atoms with Gasteiger partial charge in [0.15, 0.2) is 11.5 Å². The molecule has 0 aromatic heterocycles. The normalized spacial score (nSPS) is 16.6. The molecule has 0 aliphatic carbocycles. The van der Waals surface area contributed by atoms with Crippen LogP contribution in [0, 0.1) is 0 Å². The van der Waals surface area contributed by atoms with E-state index in [2.05, 4.69) is 4.90 Å². The number of benzene rings is 1. The van der Waals surface area contributed by atoms with E-state index in [0.29, 0.717) is 19.0 Å². The largest absolute Gasteiger partial charge is 0.486 e. The highest BCUT2D eigenvalue weighted by Gasteiger charge is 2.35. The van der Waals surface area contributed by atoms with Gasteiger partial charge in [-0.25, -0.2) is 0 Å². The third kappa shape index (κ3) is 3.13. The van der Waals surface area contributed by atoms with Crippen LogP contribution in [0.1, 0.15) is 32.8 Å². The van der Waals surface area contributed by atoms with Gasteiger partial charge in [-0.05, 0) is 37.7 Å². The van der Waals surface area contributed by atoms with Crippen LogP contribution in [0.3, 0.4) is 0 Å². The predicted octanol–water partition coefficient (Wildman–Crippen LogP) is 2.49. The molecular formula is C16H23NO4. The van der Waals surface area contributed by atoms with Crippen molar-refractivity contribution >= 4 is 5.97 Å². The Labute approximate surface area is 125 Å². The quantitative estimate of drug-likeness (QED) is 0.873. The summed E-state index contributed by atoms with van der Waals surface area (Å²) in [5.74, 6) is 0.615. The SMILES string of the molecule is CCN(CC)C(C)(CC(=O)O)c1ccc2c(c1)OCCO2. The molecular weight excluding hydrogens is 270 g/mol. The average molecular weight is 293 g/mol. The van der Waals surface area contributed by atoms with Gasteiger partial charge >= 0.3 is 5.97 Å². The minimum Gasteiger partial charge on any atom is -0.486 e. The van der Waals surface area contributed by atoms with Crippen molar-refractivity contribution in [1.29, 1.82) is 0 Å². The molecule has 0 amide bonds. The molecule has 21 heavy (non-hydrogen) atoms. The Balaban J connectivity index is 2.42. The molecule has 0 saturated carbocycles. The lowest BCUT2D eigenvalue weighted by molar-refractivity contribution is -0.140. The first-order valence-electron chi connectivity index (χ1n) is 7.38. The highest BCUT2D eigenvalue weighted by Crippen LogP contribution is 2.38. The van der Waals surface area contributed by atoms with E-state index in [-0.39, 0.29) is 6.42 Å². The summed E-state index contributed by atoms with van der Waals surface area (Å²) in [5.41, 5.74) is 0.378. The summed E-state index contributed by atoms with van der Waals surface area (Å²) < 4.78 is 11.2. The van der Waals surface area contributed by atoms with Crippen molar-refractivity contribution in [3.63, 3.8) is 0 Å². The molecule has 1 aliphatic heterocycles. The second kappa shape index (κ2) is 6.35. The fraction of sp³-hybridized carbons (Fsp3) is 0.562. The van der Waals surface area contributed by atoms with E-state index >= 15 is 0 Å². The van der Waals surface area contributed by atoms with Crippen molar-refractivity contribution in [3.8, 4) is 11.5 Å². The van der Waals surface area contributed by atoms with E-state index in [0.717, 1.165) is 24.4 Å². The summed E-state index contributed by atoms with van der Waals surface area (Å²) in [6.07, 6.45) is 0.0499. The number of aliphatic carboxylic acids is 1. The molecule has 5 heteroatoms. The smallest absolute Gasteiger partial charge is 0.305 e. The Hall–Kier alpha value is -1.75. The van der Waals surface area contributed by atoms with Crippen LogP contribution in [0.4, 0.5) is 0 Å². The molecule has 0 bridgehead atoms. The van der Waals surface area contributed by atoms with Gasteiger partial charge in [-0.3, -0.25) is 9.69 Å². The molecule has 0 radical (unpaired) electrons. The number of carboxylic acids is 1. The van der Waals surface area contributed by atoms with Crippen LogP contribution in [-0.2, 0) is 10.3 Å². The minimum atomic E-state index is -0.806. The summed E-state index contributed by atoms with van der Waals surface area (Å²) in [7, 11) is 0. The highest BCUT2D eigenvalue weighted by atomic mass is 16.6. The van der Waals surface area contributed by atoms with Gasteiger partial charge in [-0.15, -0.1) is 0 Å². The third-order valence-corrected chi connectivity index (χ3v) is 4.12. The Morgan fingerprint density at radius 3 is 2.43 bits per heavy atom. The lowest BCUT2D eigenvalue weighted by Crippen LogP contribution is -2.45. The first-order valence-corrected chi connectivity index (χ1v) is 7.38. The van der Waals surface area contributed by atoms with Crippen LogP contribution in [0.15, 0.2) is 18.2 Å². The first-order chi connectivity index (χ1) is 10.0. The summed E-state index contributed by atoms with van der Waals surface area (Å²) >= 11 is 0. The second-order valence-electron chi connectivity index (χ2n) is 5.38. The zero-order valence-corrected chi connectivity index (χ0v) is 12.9. The third-order valence-electron chi connectivity index (χ3n) is 4.12. The van der Waals surface area contributed by atoms with Gasteiger partial charge in [0, 0.05) is 0 Å². The van der Waals surface area contributed by atoms with Crippen LogP contribution >= 0.6 is 0 Å². The topological polar surface area (TPSA) is 59.0 Å². The molecule has 2 rings (SSSR count). The molecule has 116 valence electrons. The van der Waals surface area contributed by atoms with Crippen LogP contribution < -0.4 is 9.47 Å². The van der Waals surface area contributed by atoms with Crippen molar-refractivity contribution in [3.05, 3.63) is 23.8 Å². The van der Waals surface area contributed by atoms with Gasteiger partial charge in [-0.2, -0.15) is 0 Å². The monoisotopic (exact) mass is 293 g/mol. The van der Waals surface area contributed by atoms with E-state index < -0.39 is 11.5 Å². The molecule has 1 unspecified atom stereocenters. The minimum absolute atomic E-state index is 0.0499. The Bertz CT molecular complexity index is 513. The zero-order chi connectivity index (χ0) is 15.5. The van der Waals surface area contributed by atoms with Gasteiger partial charge in [0.2, 0.25) is 0 Å². The molecule has 0 spiro atoms. The lowest BCUT2D eigenvalue weighted by Gasteiger charge is -2.40.